The highest BCUT2D eigenvalue weighted by Crippen LogP contribution is 2.09. The minimum absolute atomic E-state index is 0.126. The highest BCUT2D eigenvalue weighted by Gasteiger charge is 2.22. The van der Waals surface area contributed by atoms with Gasteiger partial charge in [0, 0.05) is 22.1 Å². The number of hydrogen-bond acceptors (Lipinski definition) is 6. The van der Waals surface area contributed by atoms with E-state index in [1.54, 1.807) is 18.3 Å². The molecule has 0 radical (unpaired) electrons. The van der Waals surface area contributed by atoms with Gasteiger partial charge in [-0.15, -0.1) is 11.3 Å². The first-order valence-electron chi connectivity index (χ1n) is 7.09. The molecule has 0 aliphatic rings. The normalized spacial score (nSPS) is 13.7. The van der Waals surface area contributed by atoms with Crippen molar-refractivity contribution in [2.45, 2.75) is 44.2 Å². The van der Waals surface area contributed by atoms with Gasteiger partial charge in [0.2, 0.25) is 11.8 Å². The topological polar surface area (TPSA) is 85.1 Å². The van der Waals surface area contributed by atoms with Crippen LogP contribution in [0.5, 0.6) is 0 Å². The van der Waals surface area contributed by atoms with Crippen LogP contribution in [0.3, 0.4) is 0 Å². The van der Waals surface area contributed by atoms with Gasteiger partial charge >= 0.3 is 0 Å². The number of aryl methyl sites for hydroxylation is 1. The summed E-state index contributed by atoms with van der Waals surface area (Å²) in [5.74, 6) is 0.828. The van der Waals surface area contributed by atoms with Crippen LogP contribution in [-0.2, 0) is 34.3 Å². The molecular formula is C14H19N3O3S2. The van der Waals surface area contributed by atoms with Crippen LogP contribution in [-0.4, -0.2) is 25.5 Å². The maximum atomic E-state index is 12.2. The van der Waals surface area contributed by atoms with E-state index < -0.39 is 16.0 Å². The van der Waals surface area contributed by atoms with E-state index in [1.165, 1.54) is 0 Å². The summed E-state index contributed by atoms with van der Waals surface area (Å²) in [5, 5.41) is 7.92. The maximum Gasteiger partial charge on any atom is 0.235 e. The molecule has 0 saturated heterocycles. The maximum absolute atomic E-state index is 12.2. The number of carbonyl (C=O) groups excluding carboxylic acids is 1. The lowest BCUT2D eigenvalue weighted by atomic mass is 10.3. The standard InChI is InChI=1S/C14H19N3O3S2/c1-3-5-13-16-12(17-20-13)9-22(19)10(2)14(18)15-8-11-6-4-7-21-11/h4,6-7,10H,3,5,8-9H2,1-2H3,(H,15,18)/t10-,22-/m0/s1. The van der Waals surface area contributed by atoms with E-state index in [0.717, 1.165) is 11.3 Å². The van der Waals surface area contributed by atoms with Crippen molar-refractivity contribution in [3.8, 4) is 0 Å². The molecule has 2 rings (SSSR count). The van der Waals surface area contributed by atoms with Gasteiger partial charge in [0.15, 0.2) is 5.82 Å². The molecule has 2 atom stereocenters. The molecule has 0 fully saturated rings. The zero-order valence-electron chi connectivity index (χ0n) is 12.6. The van der Waals surface area contributed by atoms with Gasteiger partial charge < -0.3 is 9.84 Å². The zero-order valence-corrected chi connectivity index (χ0v) is 14.2. The molecule has 22 heavy (non-hydrogen) atoms. The van der Waals surface area contributed by atoms with E-state index in [-0.39, 0.29) is 11.7 Å². The van der Waals surface area contributed by atoms with Gasteiger partial charge in [0.05, 0.1) is 12.3 Å². The minimum Gasteiger partial charge on any atom is -0.350 e. The quantitative estimate of drug-likeness (QED) is 0.794. The van der Waals surface area contributed by atoms with Crippen LogP contribution >= 0.6 is 11.3 Å². The molecule has 1 N–H and O–H groups in total. The number of amides is 1. The molecule has 2 aromatic rings. The van der Waals surface area contributed by atoms with Crippen LogP contribution in [0, 0.1) is 0 Å². The van der Waals surface area contributed by atoms with Crippen LogP contribution in [0.2, 0.25) is 0 Å². The molecule has 2 aromatic heterocycles. The highest BCUT2D eigenvalue weighted by molar-refractivity contribution is 7.85. The van der Waals surface area contributed by atoms with E-state index >= 15 is 0 Å². The second-order valence-corrected chi connectivity index (χ2v) is 7.61. The second kappa shape index (κ2) is 8.19. The summed E-state index contributed by atoms with van der Waals surface area (Å²) in [5.41, 5.74) is 0. The van der Waals surface area contributed by atoms with E-state index in [9.17, 15) is 9.00 Å². The third-order valence-electron chi connectivity index (χ3n) is 3.03. The van der Waals surface area contributed by atoms with Gasteiger partial charge in [-0.1, -0.05) is 18.1 Å². The van der Waals surface area contributed by atoms with E-state index in [1.807, 2.05) is 24.4 Å². The van der Waals surface area contributed by atoms with E-state index in [4.69, 9.17) is 4.52 Å². The van der Waals surface area contributed by atoms with Gasteiger partial charge in [0.25, 0.3) is 0 Å². The van der Waals surface area contributed by atoms with Gasteiger partial charge in [-0.25, -0.2) is 0 Å². The fourth-order valence-electron chi connectivity index (χ4n) is 1.77. The Bertz CT molecular complexity index is 625. The van der Waals surface area contributed by atoms with Crippen molar-refractivity contribution in [1.29, 1.82) is 0 Å². The summed E-state index contributed by atoms with van der Waals surface area (Å²) in [4.78, 5) is 17.2. The molecular weight excluding hydrogens is 322 g/mol. The largest absolute Gasteiger partial charge is 0.350 e. The Morgan fingerprint density at radius 1 is 1.55 bits per heavy atom. The monoisotopic (exact) mass is 341 g/mol. The molecule has 8 heteroatoms. The molecule has 0 unspecified atom stereocenters. The Labute approximate surface area is 135 Å². The molecule has 6 nitrogen and oxygen atoms in total. The zero-order chi connectivity index (χ0) is 15.9. The number of nitrogens with one attached hydrogen (secondary N) is 1. The molecule has 1 amide bonds. The third-order valence-corrected chi connectivity index (χ3v) is 5.45. The predicted molar refractivity (Wildman–Crippen MR) is 85.8 cm³/mol. The third kappa shape index (κ3) is 4.74. The molecule has 0 saturated carbocycles. The fraction of sp³-hybridized carbons (Fsp3) is 0.500. The summed E-state index contributed by atoms with van der Waals surface area (Å²) < 4.78 is 17.3. The first-order chi connectivity index (χ1) is 10.6. The Kier molecular flexibility index (Phi) is 6.26. The number of aromatic nitrogens is 2. The first-order valence-corrected chi connectivity index (χ1v) is 9.35. The van der Waals surface area contributed by atoms with Crippen molar-refractivity contribution in [2.75, 3.05) is 0 Å². The van der Waals surface area contributed by atoms with Gasteiger partial charge in [-0.3, -0.25) is 9.00 Å². The molecule has 0 aromatic carbocycles. The van der Waals surface area contributed by atoms with Crippen LogP contribution < -0.4 is 5.32 Å². The van der Waals surface area contributed by atoms with Gasteiger partial charge in [0.1, 0.15) is 5.25 Å². The van der Waals surface area contributed by atoms with Gasteiger partial charge in [-0.05, 0) is 24.8 Å². The summed E-state index contributed by atoms with van der Waals surface area (Å²) in [7, 11) is -1.38. The first kappa shape index (κ1) is 16.8. The van der Waals surface area contributed by atoms with Crippen LogP contribution in [0.1, 0.15) is 36.9 Å². The number of hydrogen-bond donors (Lipinski definition) is 1. The highest BCUT2D eigenvalue weighted by atomic mass is 32.2. The lowest BCUT2D eigenvalue weighted by Crippen LogP contribution is -2.35. The average Bonchev–Trinajstić information content (AvgIpc) is 3.16. The van der Waals surface area contributed by atoms with E-state index in [0.29, 0.717) is 24.7 Å². The summed E-state index contributed by atoms with van der Waals surface area (Å²) in [6, 6.07) is 3.87. The molecule has 0 aliphatic heterocycles. The number of thiophene rings is 1. The number of carbonyl (C=O) groups is 1. The van der Waals surface area contributed by atoms with Crippen LogP contribution in [0.4, 0.5) is 0 Å². The van der Waals surface area contributed by atoms with Gasteiger partial charge in [-0.2, -0.15) is 4.98 Å². The SMILES string of the molecule is CCCc1nc(C[S@](=O)[C@@H](C)C(=O)NCc2cccs2)no1. The Balaban J connectivity index is 1.83. The summed E-state index contributed by atoms with van der Waals surface area (Å²) >= 11 is 1.57. The fourth-order valence-corrected chi connectivity index (χ4v) is 3.36. The molecule has 0 spiro atoms. The lowest BCUT2D eigenvalue weighted by Gasteiger charge is -2.10. The van der Waals surface area contributed by atoms with Crippen molar-refractivity contribution in [3.63, 3.8) is 0 Å². The summed E-state index contributed by atoms with van der Waals surface area (Å²) in [6.07, 6.45) is 1.61. The Hall–Kier alpha value is -1.54. The Morgan fingerprint density at radius 3 is 3.05 bits per heavy atom. The van der Waals surface area contributed by atoms with E-state index in [2.05, 4.69) is 15.5 Å². The molecule has 0 aliphatic carbocycles. The number of rotatable bonds is 8. The van der Waals surface area contributed by atoms with Crippen molar-refractivity contribution >= 4 is 28.0 Å². The predicted octanol–water partition coefficient (Wildman–Crippen LogP) is 2.04. The molecule has 120 valence electrons. The average molecular weight is 341 g/mol. The molecule has 0 bridgehead atoms. The minimum atomic E-state index is -1.38. The Morgan fingerprint density at radius 2 is 2.36 bits per heavy atom. The number of nitrogens with zero attached hydrogens (tertiary/aromatic N) is 2. The second-order valence-electron chi connectivity index (χ2n) is 4.82. The molecule has 2 heterocycles. The van der Waals surface area contributed by atoms with Crippen molar-refractivity contribution in [2.24, 2.45) is 0 Å². The van der Waals surface area contributed by atoms with Crippen LogP contribution in [0.25, 0.3) is 0 Å². The van der Waals surface area contributed by atoms with Crippen molar-refractivity contribution < 1.29 is 13.5 Å². The lowest BCUT2D eigenvalue weighted by molar-refractivity contribution is -0.120. The smallest absolute Gasteiger partial charge is 0.235 e. The van der Waals surface area contributed by atoms with Crippen LogP contribution in [0.15, 0.2) is 22.0 Å². The van der Waals surface area contributed by atoms with Crippen molar-refractivity contribution in [1.82, 2.24) is 15.5 Å². The summed E-state index contributed by atoms with van der Waals surface area (Å²) in [6.45, 7) is 4.12. The van der Waals surface area contributed by atoms with Crippen molar-refractivity contribution in [3.05, 3.63) is 34.1 Å².